The summed E-state index contributed by atoms with van der Waals surface area (Å²) in [5.74, 6) is 0.921. The van der Waals surface area contributed by atoms with Gasteiger partial charge >= 0.3 is 0 Å². The van der Waals surface area contributed by atoms with Crippen LogP contribution in [0.15, 0.2) is 30.3 Å². The zero-order valence-electron chi connectivity index (χ0n) is 11.9. The molecule has 2 heterocycles. The van der Waals surface area contributed by atoms with Crippen LogP contribution in [0.3, 0.4) is 0 Å². The van der Waals surface area contributed by atoms with Gasteiger partial charge in [-0.05, 0) is 32.6 Å². The van der Waals surface area contributed by atoms with Crippen LogP contribution in [0.1, 0.15) is 12.0 Å². The number of nitriles is 1. The molecule has 20 heavy (non-hydrogen) atoms. The average molecular weight is 266 g/mol. The quantitative estimate of drug-likeness (QED) is 0.836. The third-order valence-electron chi connectivity index (χ3n) is 4.04. The maximum absolute atomic E-state index is 9.34. The summed E-state index contributed by atoms with van der Waals surface area (Å²) in [5.41, 5.74) is 1.61. The molecular formula is C16H18N4. The van der Waals surface area contributed by atoms with Gasteiger partial charge in [-0.3, -0.25) is 0 Å². The third kappa shape index (κ3) is 2.21. The van der Waals surface area contributed by atoms with E-state index in [1.165, 1.54) is 0 Å². The number of anilines is 1. The van der Waals surface area contributed by atoms with E-state index < -0.39 is 0 Å². The number of aromatic nitrogens is 1. The molecule has 0 spiro atoms. The highest BCUT2D eigenvalue weighted by Gasteiger charge is 2.25. The summed E-state index contributed by atoms with van der Waals surface area (Å²) in [6.07, 6.45) is 1.14. The van der Waals surface area contributed by atoms with Crippen molar-refractivity contribution < 1.29 is 0 Å². The lowest BCUT2D eigenvalue weighted by Crippen LogP contribution is -2.31. The van der Waals surface area contributed by atoms with Gasteiger partial charge in [-0.2, -0.15) is 5.26 Å². The van der Waals surface area contributed by atoms with Crippen LogP contribution >= 0.6 is 0 Å². The molecule has 0 bridgehead atoms. The van der Waals surface area contributed by atoms with Crippen LogP contribution in [0.4, 0.5) is 5.82 Å². The number of para-hydroxylation sites is 1. The van der Waals surface area contributed by atoms with Crippen LogP contribution in [0.2, 0.25) is 0 Å². The van der Waals surface area contributed by atoms with Crippen molar-refractivity contribution in [3.05, 3.63) is 35.9 Å². The van der Waals surface area contributed by atoms with Crippen LogP contribution in [0, 0.1) is 11.3 Å². The Morgan fingerprint density at radius 1 is 1.35 bits per heavy atom. The van der Waals surface area contributed by atoms with Crippen molar-refractivity contribution in [1.29, 1.82) is 5.26 Å². The standard InChI is InChI=1S/C16H18N4/c1-19(2)13-7-8-20(11-13)16-9-12(10-17)14-5-3-4-6-15(14)18-16/h3-6,9,13H,7-8,11H2,1-2H3. The molecule has 4 nitrogen and oxygen atoms in total. The van der Waals surface area contributed by atoms with Crippen molar-refractivity contribution in [3.8, 4) is 6.07 Å². The largest absolute Gasteiger partial charge is 0.355 e. The minimum Gasteiger partial charge on any atom is -0.355 e. The van der Waals surface area contributed by atoms with Crippen molar-refractivity contribution >= 4 is 16.7 Å². The molecule has 1 atom stereocenters. The first-order chi connectivity index (χ1) is 9.69. The number of benzene rings is 1. The molecule has 2 aromatic rings. The Morgan fingerprint density at radius 2 is 2.15 bits per heavy atom. The van der Waals surface area contributed by atoms with E-state index >= 15 is 0 Å². The number of pyridine rings is 1. The molecule has 1 aromatic heterocycles. The Balaban J connectivity index is 1.99. The van der Waals surface area contributed by atoms with E-state index in [0.29, 0.717) is 11.6 Å². The van der Waals surface area contributed by atoms with E-state index in [4.69, 9.17) is 4.98 Å². The molecular weight excluding hydrogens is 248 g/mol. The van der Waals surface area contributed by atoms with Crippen molar-refractivity contribution in [1.82, 2.24) is 9.88 Å². The van der Waals surface area contributed by atoms with Gasteiger partial charge in [0.15, 0.2) is 0 Å². The van der Waals surface area contributed by atoms with Gasteiger partial charge in [-0.15, -0.1) is 0 Å². The first-order valence-electron chi connectivity index (χ1n) is 6.90. The Morgan fingerprint density at radius 3 is 2.85 bits per heavy atom. The van der Waals surface area contributed by atoms with E-state index in [0.717, 1.165) is 36.2 Å². The van der Waals surface area contributed by atoms with Gasteiger partial charge in [0.05, 0.1) is 17.1 Å². The number of likely N-dealkylation sites (N-methyl/N-ethyl adjacent to an activating group) is 1. The van der Waals surface area contributed by atoms with Gasteiger partial charge < -0.3 is 9.80 Å². The number of fused-ring (bicyclic) bond motifs is 1. The van der Waals surface area contributed by atoms with Gasteiger partial charge in [-0.25, -0.2) is 4.98 Å². The number of nitrogens with zero attached hydrogens (tertiary/aromatic N) is 4. The fourth-order valence-corrected chi connectivity index (χ4v) is 2.79. The average Bonchev–Trinajstić information content (AvgIpc) is 2.96. The topological polar surface area (TPSA) is 43.2 Å². The smallest absolute Gasteiger partial charge is 0.130 e. The summed E-state index contributed by atoms with van der Waals surface area (Å²) in [7, 11) is 4.23. The molecule has 0 aliphatic carbocycles. The van der Waals surface area contributed by atoms with Crippen LogP contribution in [0.25, 0.3) is 10.9 Å². The van der Waals surface area contributed by atoms with Crippen LogP contribution in [-0.2, 0) is 0 Å². The summed E-state index contributed by atoms with van der Waals surface area (Å²) in [5, 5.41) is 10.3. The fourth-order valence-electron chi connectivity index (χ4n) is 2.79. The summed E-state index contributed by atoms with van der Waals surface area (Å²) in [4.78, 5) is 9.25. The van der Waals surface area contributed by atoms with E-state index in [1.807, 2.05) is 30.3 Å². The second-order valence-corrected chi connectivity index (χ2v) is 5.51. The first-order valence-corrected chi connectivity index (χ1v) is 6.90. The summed E-state index contributed by atoms with van der Waals surface area (Å²) < 4.78 is 0. The SMILES string of the molecule is CN(C)C1CCN(c2cc(C#N)c3ccccc3n2)C1. The molecule has 0 radical (unpaired) electrons. The zero-order valence-corrected chi connectivity index (χ0v) is 11.9. The Labute approximate surface area is 119 Å². The highest BCUT2D eigenvalue weighted by atomic mass is 15.3. The van der Waals surface area contributed by atoms with Gasteiger partial charge in [0.25, 0.3) is 0 Å². The van der Waals surface area contributed by atoms with Crippen LogP contribution < -0.4 is 4.90 Å². The van der Waals surface area contributed by atoms with Crippen molar-refractivity contribution in [2.75, 3.05) is 32.1 Å². The molecule has 4 heteroatoms. The maximum atomic E-state index is 9.34. The molecule has 1 aromatic carbocycles. The maximum Gasteiger partial charge on any atom is 0.130 e. The normalized spacial score (nSPS) is 18.7. The van der Waals surface area contributed by atoms with E-state index in [1.54, 1.807) is 0 Å². The van der Waals surface area contributed by atoms with E-state index in [-0.39, 0.29) is 0 Å². The van der Waals surface area contributed by atoms with Crippen molar-refractivity contribution in [2.45, 2.75) is 12.5 Å². The molecule has 0 N–H and O–H groups in total. The lowest BCUT2D eigenvalue weighted by molar-refractivity contribution is 0.315. The lowest BCUT2D eigenvalue weighted by Gasteiger charge is -2.21. The third-order valence-corrected chi connectivity index (χ3v) is 4.04. The minimum atomic E-state index is 0.564. The Hall–Kier alpha value is -2.12. The Bertz CT molecular complexity index is 672. The summed E-state index contributed by atoms with van der Waals surface area (Å²) >= 11 is 0. The predicted octanol–water partition coefficient (Wildman–Crippen LogP) is 2.25. The highest BCUT2D eigenvalue weighted by molar-refractivity contribution is 5.86. The molecule has 1 unspecified atom stereocenters. The summed E-state index contributed by atoms with van der Waals surface area (Å²) in [6.45, 7) is 1.97. The Kier molecular flexibility index (Phi) is 3.29. The monoisotopic (exact) mass is 266 g/mol. The second-order valence-electron chi connectivity index (χ2n) is 5.51. The van der Waals surface area contributed by atoms with Gasteiger partial charge in [0.1, 0.15) is 5.82 Å². The van der Waals surface area contributed by atoms with Crippen molar-refractivity contribution in [3.63, 3.8) is 0 Å². The van der Waals surface area contributed by atoms with Crippen LogP contribution in [0.5, 0.6) is 0 Å². The van der Waals surface area contributed by atoms with E-state index in [2.05, 4.69) is 30.0 Å². The predicted molar refractivity (Wildman–Crippen MR) is 80.8 cm³/mol. The van der Waals surface area contributed by atoms with Gasteiger partial charge in [-0.1, -0.05) is 18.2 Å². The molecule has 1 fully saturated rings. The molecule has 0 saturated carbocycles. The number of rotatable bonds is 2. The summed E-state index contributed by atoms with van der Waals surface area (Å²) in [6, 6.07) is 12.6. The van der Waals surface area contributed by atoms with Crippen LogP contribution in [-0.4, -0.2) is 43.1 Å². The lowest BCUT2D eigenvalue weighted by atomic mass is 10.1. The molecule has 1 saturated heterocycles. The zero-order chi connectivity index (χ0) is 14.1. The van der Waals surface area contributed by atoms with Gasteiger partial charge in [0, 0.05) is 24.5 Å². The fraction of sp³-hybridized carbons (Fsp3) is 0.375. The van der Waals surface area contributed by atoms with Crippen molar-refractivity contribution in [2.24, 2.45) is 0 Å². The molecule has 3 rings (SSSR count). The highest BCUT2D eigenvalue weighted by Crippen LogP contribution is 2.25. The minimum absolute atomic E-state index is 0.564. The molecule has 1 aliphatic rings. The van der Waals surface area contributed by atoms with E-state index in [9.17, 15) is 5.26 Å². The number of hydrogen-bond donors (Lipinski definition) is 0. The molecule has 1 aliphatic heterocycles. The number of hydrogen-bond acceptors (Lipinski definition) is 4. The molecule has 0 amide bonds. The first kappa shape index (κ1) is 12.9. The van der Waals surface area contributed by atoms with Gasteiger partial charge in [0.2, 0.25) is 0 Å². The molecule has 102 valence electrons. The second kappa shape index (κ2) is 5.10.